The fourth-order valence-corrected chi connectivity index (χ4v) is 5.91. The van der Waals surface area contributed by atoms with Crippen molar-refractivity contribution in [2.24, 2.45) is 5.92 Å². The second kappa shape index (κ2) is 7.59. The van der Waals surface area contributed by atoms with Crippen molar-refractivity contribution >= 4 is 27.0 Å². The predicted molar refractivity (Wildman–Crippen MR) is 113 cm³/mol. The van der Waals surface area contributed by atoms with Gasteiger partial charge in [-0.15, -0.1) is 0 Å². The molecule has 28 heavy (non-hydrogen) atoms. The molecular formula is C20H29ClN4O2S. The van der Waals surface area contributed by atoms with Gasteiger partial charge in [-0.1, -0.05) is 25.4 Å². The fraction of sp³-hybridized carbons (Fsp3) is 0.650. The van der Waals surface area contributed by atoms with Gasteiger partial charge in [0.25, 0.3) is 0 Å². The second-order valence-electron chi connectivity index (χ2n) is 8.60. The summed E-state index contributed by atoms with van der Waals surface area (Å²) >= 11 is 6.47. The van der Waals surface area contributed by atoms with Gasteiger partial charge in [0.1, 0.15) is 5.82 Å². The van der Waals surface area contributed by atoms with Crippen molar-refractivity contribution < 1.29 is 8.42 Å². The minimum atomic E-state index is -2.82. The lowest BCUT2D eigenvalue weighted by atomic mass is 9.88. The first-order valence-electron chi connectivity index (χ1n) is 10.0. The van der Waals surface area contributed by atoms with Crippen molar-refractivity contribution in [2.45, 2.75) is 32.7 Å². The van der Waals surface area contributed by atoms with Crippen LogP contribution in [0.3, 0.4) is 0 Å². The smallest absolute Gasteiger partial charge is 0.152 e. The van der Waals surface area contributed by atoms with Crippen molar-refractivity contribution in [3.63, 3.8) is 0 Å². The Morgan fingerprint density at radius 1 is 1.25 bits per heavy atom. The van der Waals surface area contributed by atoms with E-state index in [1.54, 1.807) is 0 Å². The zero-order valence-corrected chi connectivity index (χ0v) is 18.4. The minimum Gasteiger partial charge on any atom is -0.302 e. The van der Waals surface area contributed by atoms with E-state index in [1.807, 2.05) is 13.1 Å². The van der Waals surface area contributed by atoms with Crippen LogP contribution >= 0.6 is 11.6 Å². The lowest BCUT2D eigenvalue weighted by Crippen LogP contribution is -2.57. The Kier molecular flexibility index (Phi) is 5.46. The van der Waals surface area contributed by atoms with Gasteiger partial charge in [-0.2, -0.15) is 0 Å². The molecule has 0 bridgehead atoms. The van der Waals surface area contributed by atoms with E-state index >= 15 is 0 Å². The summed E-state index contributed by atoms with van der Waals surface area (Å²) in [5, 5.41) is 0.756. The van der Waals surface area contributed by atoms with Gasteiger partial charge in [-0.05, 0) is 24.5 Å². The van der Waals surface area contributed by atoms with Crippen LogP contribution in [0.4, 0.5) is 0 Å². The van der Waals surface area contributed by atoms with Crippen molar-refractivity contribution in [3.8, 4) is 0 Å². The summed E-state index contributed by atoms with van der Waals surface area (Å²) in [5.41, 5.74) is 2.22. The molecule has 2 aromatic heterocycles. The number of aryl methyl sites for hydroxylation is 1. The Balaban J connectivity index is 1.42. The Labute approximate surface area is 172 Å². The van der Waals surface area contributed by atoms with E-state index in [4.69, 9.17) is 11.6 Å². The van der Waals surface area contributed by atoms with E-state index in [9.17, 15) is 8.42 Å². The maximum atomic E-state index is 11.7. The lowest BCUT2D eigenvalue weighted by Gasteiger charge is -2.48. The summed E-state index contributed by atoms with van der Waals surface area (Å²) in [6, 6.07) is 2.53. The largest absolute Gasteiger partial charge is 0.302 e. The van der Waals surface area contributed by atoms with Gasteiger partial charge in [0, 0.05) is 50.9 Å². The molecule has 0 radical (unpaired) electrons. The summed E-state index contributed by atoms with van der Waals surface area (Å²) in [7, 11) is -2.82. The van der Waals surface area contributed by atoms with E-state index < -0.39 is 9.84 Å². The van der Waals surface area contributed by atoms with E-state index in [0.717, 1.165) is 36.0 Å². The van der Waals surface area contributed by atoms with Gasteiger partial charge in [0.05, 0.1) is 28.2 Å². The molecule has 2 aliphatic rings. The summed E-state index contributed by atoms with van der Waals surface area (Å²) in [6.45, 7) is 10.8. The molecule has 2 saturated heterocycles. The highest BCUT2D eigenvalue weighted by Gasteiger charge is 2.36. The lowest BCUT2D eigenvalue weighted by molar-refractivity contribution is 0.0419. The third-order valence-electron chi connectivity index (χ3n) is 6.30. The van der Waals surface area contributed by atoms with Crippen molar-refractivity contribution in [2.75, 3.05) is 44.2 Å². The molecule has 4 heterocycles. The Morgan fingerprint density at radius 2 is 1.93 bits per heavy atom. The monoisotopic (exact) mass is 424 g/mol. The van der Waals surface area contributed by atoms with Crippen LogP contribution in [0, 0.1) is 12.8 Å². The molecule has 2 aliphatic heterocycles. The first kappa shape index (κ1) is 20.1. The molecule has 0 aromatic carbocycles. The van der Waals surface area contributed by atoms with Crippen LogP contribution in [-0.4, -0.2) is 77.9 Å². The highest BCUT2D eigenvalue weighted by molar-refractivity contribution is 7.91. The number of hydrogen-bond acceptors (Lipinski definition) is 5. The standard InChI is InChI=1S/C20H29ClN4O2S/c1-14(2)20(13-23-4-6-28(26,27)7-5-23)24-10-17(11-24)16-8-18(21)19-9-22-15(3)25(19)12-16/h8-9,12,14,17,20H,4-7,10-11,13H2,1-3H3. The highest BCUT2D eigenvalue weighted by atomic mass is 35.5. The number of halogens is 1. The molecule has 1 atom stereocenters. The SMILES string of the molecule is Cc1ncc2c(Cl)cc(C3CN(C(CN4CCS(=O)(=O)CC4)C(C)C)C3)cn12. The van der Waals surface area contributed by atoms with Crippen LogP contribution < -0.4 is 0 Å². The highest BCUT2D eigenvalue weighted by Crippen LogP contribution is 2.33. The van der Waals surface area contributed by atoms with Crippen molar-refractivity contribution in [1.82, 2.24) is 19.2 Å². The topological polar surface area (TPSA) is 57.9 Å². The number of fused-ring (bicyclic) bond motifs is 1. The van der Waals surface area contributed by atoms with Crippen LogP contribution in [0.1, 0.15) is 31.2 Å². The quantitative estimate of drug-likeness (QED) is 0.737. The number of hydrogen-bond donors (Lipinski definition) is 0. The zero-order valence-electron chi connectivity index (χ0n) is 16.8. The van der Waals surface area contributed by atoms with Crippen LogP contribution in [-0.2, 0) is 9.84 Å². The van der Waals surface area contributed by atoms with Gasteiger partial charge >= 0.3 is 0 Å². The third-order valence-corrected chi connectivity index (χ3v) is 8.21. The van der Waals surface area contributed by atoms with E-state index in [2.05, 4.69) is 45.3 Å². The summed E-state index contributed by atoms with van der Waals surface area (Å²) < 4.78 is 25.5. The number of pyridine rings is 1. The number of likely N-dealkylation sites (tertiary alicyclic amines) is 1. The Hall–Kier alpha value is -1.15. The molecular weight excluding hydrogens is 396 g/mol. The summed E-state index contributed by atoms with van der Waals surface area (Å²) in [4.78, 5) is 9.22. The molecule has 1 unspecified atom stereocenters. The van der Waals surface area contributed by atoms with E-state index in [-0.39, 0.29) is 0 Å². The number of rotatable bonds is 5. The van der Waals surface area contributed by atoms with Crippen LogP contribution in [0.15, 0.2) is 18.5 Å². The second-order valence-corrected chi connectivity index (χ2v) is 11.3. The number of nitrogens with zero attached hydrogens (tertiary/aromatic N) is 4. The van der Waals surface area contributed by atoms with Gasteiger partial charge in [-0.25, -0.2) is 13.4 Å². The molecule has 2 fully saturated rings. The predicted octanol–water partition coefficient (Wildman–Crippen LogP) is 2.45. The Morgan fingerprint density at radius 3 is 2.57 bits per heavy atom. The molecule has 0 spiro atoms. The summed E-state index contributed by atoms with van der Waals surface area (Å²) in [5.74, 6) is 2.55. The Bertz CT molecular complexity index is 952. The van der Waals surface area contributed by atoms with Crippen molar-refractivity contribution in [1.29, 1.82) is 0 Å². The molecule has 4 rings (SSSR count). The zero-order chi connectivity index (χ0) is 20.1. The molecule has 2 aromatic rings. The first-order chi connectivity index (χ1) is 13.2. The van der Waals surface area contributed by atoms with Crippen molar-refractivity contribution in [3.05, 3.63) is 34.9 Å². The van der Waals surface area contributed by atoms with Gasteiger partial charge < -0.3 is 4.40 Å². The molecule has 0 saturated carbocycles. The van der Waals surface area contributed by atoms with Crippen LogP contribution in [0.5, 0.6) is 0 Å². The molecule has 0 amide bonds. The molecule has 8 heteroatoms. The average molecular weight is 425 g/mol. The fourth-order valence-electron chi connectivity index (χ4n) is 4.36. The number of sulfone groups is 1. The van der Waals surface area contributed by atoms with Crippen LogP contribution in [0.2, 0.25) is 5.02 Å². The third kappa shape index (κ3) is 3.95. The summed E-state index contributed by atoms with van der Waals surface area (Å²) in [6.07, 6.45) is 3.99. The van der Waals surface area contributed by atoms with Crippen LogP contribution in [0.25, 0.3) is 5.52 Å². The average Bonchev–Trinajstić information content (AvgIpc) is 2.96. The molecule has 0 N–H and O–H groups in total. The maximum absolute atomic E-state index is 11.7. The minimum absolute atomic E-state index is 0.295. The molecule has 6 nitrogen and oxygen atoms in total. The number of aromatic nitrogens is 2. The normalized spacial score (nSPS) is 22.6. The van der Waals surface area contributed by atoms with Gasteiger partial charge in [0.2, 0.25) is 0 Å². The molecule has 0 aliphatic carbocycles. The van der Waals surface area contributed by atoms with E-state index in [0.29, 0.717) is 42.5 Å². The number of imidazole rings is 1. The first-order valence-corrected chi connectivity index (χ1v) is 12.2. The van der Waals surface area contributed by atoms with E-state index in [1.165, 1.54) is 5.56 Å². The molecule has 154 valence electrons. The maximum Gasteiger partial charge on any atom is 0.152 e. The van der Waals surface area contributed by atoms with Gasteiger partial charge in [-0.3, -0.25) is 9.80 Å². The van der Waals surface area contributed by atoms with Gasteiger partial charge in [0.15, 0.2) is 9.84 Å².